The molecule has 0 N–H and O–H groups in total. The molecule has 2 aromatic rings. The first kappa shape index (κ1) is 8.21. The zero-order valence-corrected chi connectivity index (χ0v) is 7.71. The molecule has 1 heterocycles. The van der Waals surface area contributed by atoms with Crippen molar-refractivity contribution in [2.24, 2.45) is 0 Å². The molecule has 1 aromatic carbocycles. The third-order valence-electron chi connectivity index (χ3n) is 1.64. The van der Waals surface area contributed by atoms with E-state index in [1.165, 1.54) is 6.39 Å². The van der Waals surface area contributed by atoms with Gasteiger partial charge >= 0.3 is 0 Å². The van der Waals surface area contributed by atoms with Crippen LogP contribution in [-0.2, 0) is 0 Å². The Bertz CT molecular complexity index is 478. The topological polar surface area (TPSA) is 26.0 Å². The minimum atomic E-state index is 0.566. The molecular formula is C10H7NOS. The largest absolute Gasteiger partial charge is 0.443 e. The lowest BCUT2D eigenvalue weighted by Crippen LogP contribution is -1.74. The molecule has 0 unspecified atom stereocenters. The quantitative estimate of drug-likeness (QED) is 0.507. The molecule has 0 aliphatic heterocycles. The van der Waals surface area contributed by atoms with Crippen LogP contribution in [0.3, 0.4) is 0 Å². The van der Waals surface area contributed by atoms with Crippen LogP contribution in [0.5, 0.6) is 0 Å². The third kappa shape index (κ3) is 1.68. The van der Waals surface area contributed by atoms with Gasteiger partial charge in [-0.3, -0.25) is 0 Å². The van der Waals surface area contributed by atoms with Gasteiger partial charge in [0.15, 0.2) is 12.0 Å². The zero-order chi connectivity index (χ0) is 9.10. The second-order valence-electron chi connectivity index (χ2n) is 2.49. The first-order valence-electron chi connectivity index (χ1n) is 3.83. The van der Waals surface area contributed by atoms with E-state index >= 15 is 0 Å². The molecule has 0 saturated carbocycles. The summed E-state index contributed by atoms with van der Waals surface area (Å²) in [6.45, 7) is 0. The number of benzene rings is 1. The fraction of sp³-hybridized carbons (Fsp3) is 0.100. The maximum atomic E-state index is 5.10. The lowest BCUT2D eigenvalue weighted by atomic mass is 10.2. The molecule has 0 spiro atoms. The first-order chi connectivity index (χ1) is 6.40. The molecule has 0 amide bonds. The number of thiol groups is 1. The van der Waals surface area contributed by atoms with E-state index in [1.54, 1.807) is 0 Å². The fourth-order valence-electron chi connectivity index (χ4n) is 1.08. The van der Waals surface area contributed by atoms with Crippen molar-refractivity contribution in [1.82, 2.24) is 4.98 Å². The molecule has 3 heteroatoms. The van der Waals surface area contributed by atoms with E-state index in [0.717, 1.165) is 16.7 Å². The Morgan fingerprint density at radius 3 is 3.23 bits per heavy atom. The van der Waals surface area contributed by atoms with E-state index in [4.69, 9.17) is 4.42 Å². The summed E-state index contributed by atoms with van der Waals surface area (Å²) in [6, 6.07) is 5.67. The number of aromatic nitrogens is 1. The molecule has 2 rings (SSSR count). The van der Waals surface area contributed by atoms with Crippen LogP contribution in [0, 0.1) is 11.8 Å². The Balaban J connectivity index is 2.48. The van der Waals surface area contributed by atoms with Gasteiger partial charge in [-0.25, -0.2) is 4.98 Å². The average Bonchev–Trinajstić information content (AvgIpc) is 2.61. The Hall–Kier alpha value is -1.40. The maximum absolute atomic E-state index is 5.10. The highest BCUT2D eigenvalue weighted by Crippen LogP contribution is 2.13. The average molecular weight is 189 g/mol. The summed E-state index contributed by atoms with van der Waals surface area (Å²) < 4.78 is 5.10. The molecule has 0 fully saturated rings. The number of nitrogens with zero attached hydrogens (tertiary/aromatic N) is 1. The smallest absolute Gasteiger partial charge is 0.181 e. The number of hydrogen-bond donors (Lipinski definition) is 1. The van der Waals surface area contributed by atoms with Crippen LogP contribution in [0.4, 0.5) is 0 Å². The summed E-state index contributed by atoms with van der Waals surface area (Å²) in [6.07, 6.45) is 1.43. The monoisotopic (exact) mass is 189 g/mol. The molecule has 1 aromatic heterocycles. The molecule has 0 aliphatic rings. The van der Waals surface area contributed by atoms with Crippen LogP contribution in [-0.4, -0.2) is 10.7 Å². The maximum Gasteiger partial charge on any atom is 0.181 e. The fourth-order valence-corrected chi connectivity index (χ4v) is 1.16. The van der Waals surface area contributed by atoms with Crippen LogP contribution >= 0.6 is 12.6 Å². The van der Waals surface area contributed by atoms with Crippen molar-refractivity contribution in [3.63, 3.8) is 0 Å². The summed E-state index contributed by atoms with van der Waals surface area (Å²) in [5, 5.41) is 0. The number of fused-ring (bicyclic) bond motifs is 1. The van der Waals surface area contributed by atoms with E-state index < -0.39 is 0 Å². The second kappa shape index (κ2) is 3.55. The van der Waals surface area contributed by atoms with Crippen LogP contribution in [0.1, 0.15) is 5.56 Å². The van der Waals surface area contributed by atoms with Crippen molar-refractivity contribution in [1.29, 1.82) is 0 Å². The first-order valence-corrected chi connectivity index (χ1v) is 4.46. The normalized spacial score (nSPS) is 9.62. The lowest BCUT2D eigenvalue weighted by Gasteiger charge is -1.88. The highest BCUT2D eigenvalue weighted by Gasteiger charge is 1.96. The van der Waals surface area contributed by atoms with Gasteiger partial charge < -0.3 is 4.42 Å². The van der Waals surface area contributed by atoms with Gasteiger partial charge in [0.25, 0.3) is 0 Å². The lowest BCUT2D eigenvalue weighted by molar-refractivity contribution is 0.602. The number of oxazole rings is 1. The van der Waals surface area contributed by atoms with E-state index in [-0.39, 0.29) is 0 Å². The molecular weight excluding hydrogens is 182 g/mol. The minimum Gasteiger partial charge on any atom is -0.443 e. The second-order valence-corrected chi connectivity index (χ2v) is 2.81. The van der Waals surface area contributed by atoms with E-state index in [2.05, 4.69) is 29.5 Å². The van der Waals surface area contributed by atoms with E-state index in [9.17, 15) is 0 Å². The van der Waals surface area contributed by atoms with Crippen LogP contribution in [0.25, 0.3) is 11.1 Å². The van der Waals surface area contributed by atoms with Gasteiger partial charge in [0.1, 0.15) is 5.52 Å². The zero-order valence-electron chi connectivity index (χ0n) is 6.82. The van der Waals surface area contributed by atoms with Crippen LogP contribution < -0.4 is 0 Å². The molecule has 0 bridgehead atoms. The Morgan fingerprint density at radius 2 is 2.38 bits per heavy atom. The number of hydrogen-bond acceptors (Lipinski definition) is 3. The van der Waals surface area contributed by atoms with Crippen LogP contribution in [0.2, 0.25) is 0 Å². The third-order valence-corrected chi connectivity index (χ3v) is 1.80. The van der Waals surface area contributed by atoms with Gasteiger partial charge in [-0.1, -0.05) is 11.8 Å². The van der Waals surface area contributed by atoms with Gasteiger partial charge in [0.05, 0.1) is 5.75 Å². The Morgan fingerprint density at radius 1 is 1.46 bits per heavy atom. The van der Waals surface area contributed by atoms with Crippen molar-refractivity contribution in [3.8, 4) is 11.8 Å². The Kier molecular flexibility index (Phi) is 2.24. The summed E-state index contributed by atoms with van der Waals surface area (Å²) >= 11 is 4.00. The van der Waals surface area contributed by atoms with Gasteiger partial charge in [-0.05, 0) is 18.2 Å². The summed E-state index contributed by atoms with van der Waals surface area (Å²) in [4.78, 5) is 4.03. The summed E-state index contributed by atoms with van der Waals surface area (Å²) in [5.41, 5.74) is 2.57. The summed E-state index contributed by atoms with van der Waals surface area (Å²) in [7, 11) is 0. The highest BCUT2D eigenvalue weighted by atomic mass is 32.1. The van der Waals surface area contributed by atoms with Crippen molar-refractivity contribution >= 4 is 23.7 Å². The summed E-state index contributed by atoms with van der Waals surface area (Å²) in [5.74, 6) is 6.41. The van der Waals surface area contributed by atoms with Crippen molar-refractivity contribution < 1.29 is 4.42 Å². The van der Waals surface area contributed by atoms with Gasteiger partial charge in [0, 0.05) is 5.56 Å². The van der Waals surface area contributed by atoms with Gasteiger partial charge in [0.2, 0.25) is 0 Å². The molecule has 64 valence electrons. The highest BCUT2D eigenvalue weighted by molar-refractivity contribution is 7.80. The predicted octanol–water partition coefficient (Wildman–Crippen LogP) is 2.11. The van der Waals surface area contributed by atoms with Gasteiger partial charge in [-0.15, -0.1) is 0 Å². The standard InChI is InChI=1S/C10H7NOS/c13-5-1-2-8-3-4-10-9(6-8)11-7-12-10/h3-4,6-7,13H,5H2. The SMILES string of the molecule is SCC#Cc1ccc2ocnc2c1. The minimum absolute atomic E-state index is 0.566. The number of rotatable bonds is 0. The van der Waals surface area contributed by atoms with Gasteiger partial charge in [-0.2, -0.15) is 12.6 Å². The van der Waals surface area contributed by atoms with Crippen molar-refractivity contribution in [2.45, 2.75) is 0 Å². The molecule has 13 heavy (non-hydrogen) atoms. The van der Waals surface area contributed by atoms with Crippen molar-refractivity contribution in [2.75, 3.05) is 5.75 Å². The van der Waals surface area contributed by atoms with Crippen molar-refractivity contribution in [3.05, 3.63) is 30.2 Å². The van der Waals surface area contributed by atoms with Crippen LogP contribution in [0.15, 0.2) is 29.0 Å². The van der Waals surface area contributed by atoms with E-state index in [1.807, 2.05) is 18.2 Å². The molecule has 0 atom stereocenters. The molecule has 2 nitrogen and oxygen atoms in total. The Labute approximate surface area is 81.4 Å². The molecule has 0 aliphatic carbocycles. The molecule has 0 saturated heterocycles. The van der Waals surface area contributed by atoms with E-state index in [0.29, 0.717) is 5.75 Å². The predicted molar refractivity (Wildman–Crippen MR) is 54.7 cm³/mol. The molecule has 0 radical (unpaired) electrons.